The molecular formula is C12H24N2O4S. The number of hydrogen-bond donors (Lipinski definition) is 0. The molecule has 19 heavy (non-hydrogen) atoms. The van der Waals surface area contributed by atoms with Crippen LogP contribution in [0.2, 0.25) is 0 Å². The number of rotatable bonds is 6. The van der Waals surface area contributed by atoms with Crippen molar-refractivity contribution in [2.45, 2.75) is 33.6 Å². The molecule has 0 aromatic carbocycles. The summed E-state index contributed by atoms with van der Waals surface area (Å²) in [6.45, 7) is 7.32. The summed E-state index contributed by atoms with van der Waals surface area (Å²) >= 11 is 0. The zero-order valence-corrected chi connectivity index (χ0v) is 12.8. The van der Waals surface area contributed by atoms with Crippen LogP contribution in [0.1, 0.15) is 33.6 Å². The second-order valence-electron chi connectivity index (χ2n) is 4.54. The maximum Gasteiger partial charge on any atom is 0.310 e. The van der Waals surface area contributed by atoms with Crippen molar-refractivity contribution in [2.75, 3.05) is 32.8 Å². The molecule has 0 radical (unpaired) electrons. The summed E-state index contributed by atoms with van der Waals surface area (Å²) in [5, 5.41) is 0. The van der Waals surface area contributed by atoms with Gasteiger partial charge < -0.3 is 4.74 Å². The molecule has 0 aromatic heterocycles. The van der Waals surface area contributed by atoms with Crippen molar-refractivity contribution in [1.82, 2.24) is 8.61 Å². The van der Waals surface area contributed by atoms with Crippen molar-refractivity contribution in [3.05, 3.63) is 0 Å². The first-order valence-electron chi connectivity index (χ1n) is 6.89. The highest BCUT2D eigenvalue weighted by Gasteiger charge is 2.35. The molecular weight excluding hydrogens is 268 g/mol. The van der Waals surface area contributed by atoms with Gasteiger partial charge in [0.25, 0.3) is 10.2 Å². The van der Waals surface area contributed by atoms with E-state index in [2.05, 4.69) is 0 Å². The Balaban J connectivity index is 2.76. The van der Waals surface area contributed by atoms with Gasteiger partial charge in [-0.1, -0.05) is 13.8 Å². The Kier molecular flexibility index (Phi) is 6.22. The Morgan fingerprint density at radius 1 is 1.32 bits per heavy atom. The Bertz CT molecular complexity index is 393. The molecule has 7 heteroatoms. The van der Waals surface area contributed by atoms with Gasteiger partial charge in [0.05, 0.1) is 12.5 Å². The van der Waals surface area contributed by atoms with E-state index in [9.17, 15) is 13.2 Å². The van der Waals surface area contributed by atoms with Gasteiger partial charge in [0.15, 0.2) is 0 Å². The van der Waals surface area contributed by atoms with Gasteiger partial charge in [0.2, 0.25) is 0 Å². The van der Waals surface area contributed by atoms with E-state index in [0.717, 1.165) is 0 Å². The highest BCUT2D eigenvalue weighted by Crippen LogP contribution is 2.22. The van der Waals surface area contributed by atoms with Crippen LogP contribution in [-0.2, 0) is 19.7 Å². The number of nitrogens with zero attached hydrogens (tertiary/aromatic N) is 2. The Morgan fingerprint density at radius 3 is 2.47 bits per heavy atom. The molecule has 0 amide bonds. The Hall–Kier alpha value is -0.660. The van der Waals surface area contributed by atoms with E-state index in [0.29, 0.717) is 39.1 Å². The van der Waals surface area contributed by atoms with Gasteiger partial charge in [-0.3, -0.25) is 4.79 Å². The van der Waals surface area contributed by atoms with E-state index in [4.69, 9.17) is 4.74 Å². The molecule has 112 valence electrons. The van der Waals surface area contributed by atoms with Gasteiger partial charge >= 0.3 is 5.97 Å². The predicted octanol–water partition coefficient (Wildman–Crippen LogP) is 0.848. The van der Waals surface area contributed by atoms with Crippen LogP contribution >= 0.6 is 0 Å². The molecule has 0 N–H and O–H groups in total. The maximum absolute atomic E-state index is 12.4. The van der Waals surface area contributed by atoms with Crippen molar-refractivity contribution in [1.29, 1.82) is 0 Å². The fourth-order valence-electron chi connectivity index (χ4n) is 2.32. The monoisotopic (exact) mass is 292 g/mol. The van der Waals surface area contributed by atoms with Crippen LogP contribution in [0.3, 0.4) is 0 Å². The molecule has 1 aliphatic heterocycles. The third kappa shape index (κ3) is 3.90. The molecule has 0 unspecified atom stereocenters. The second kappa shape index (κ2) is 7.21. The normalized spacial score (nSPS) is 21.6. The lowest BCUT2D eigenvalue weighted by atomic mass is 10.0. The topological polar surface area (TPSA) is 66.9 Å². The van der Waals surface area contributed by atoms with Crippen LogP contribution < -0.4 is 0 Å². The molecule has 0 aromatic rings. The Labute approximate surface area is 115 Å². The highest BCUT2D eigenvalue weighted by molar-refractivity contribution is 7.86. The molecule has 1 fully saturated rings. The van der Waals surface area contributed by atoms with Crippen molar-refractivity contribution < 1.29 is 17.9 Å². The first-order valence-corrected chi connectivity index (χ1v) is 8.28. The zero-order chi connectivity index (χ0) is 14.5. The second-order valence-corrected chi connectivity index (χ2v) is 6.47. The third-order valence-corrected chi connectivity index (χ3v) is 5.52. The van der Waals surface area contributed by atoms with Crippen LogP contribution in [0.15, 0.2) is 0 Å². The lowest BCUT2D eigenvalue weighted by molar-refractivity contribution is -0.149. The minimum absolute atomic E-state index is 0.234. The van der Waals surface area contributed by atoms with Crippen molar-refractivity contribution in [2.24, 2.45) is 5.92 Å². The molecule has 1 rings (SSSR count). The summed E-state index contributed by atoms with van der Waals surface area (Å²) < 4.78 is 32.6. The first-order chi connectivity index (χ1) is 8.97. The largest absolute Gasteiger partial charge is 0.466 e. The van der Waals surface area contributed by atoms with Crippen LogP contribution in [0.25, 0.3) is 0 Å². The van der Waals surface area contributed by atoms with Gasteiger partial charge in [-0.2, -0.15) is 17.0 Å². The average Bonchev–Trinajstić information content (AvgIpc) is 2.40. The van der Waals surface area contributed by atoms with Crippen molar-refractivity contribution in [3.63, 3.8) is 0 Å². The fraction of sp³-hybridized carbons (Fsp3) is 0.917. The van der Waals surface area contributed by atoms with Crippen LogP contribution in [0, 0.1) is 5.92 Å². The molecule has 0 spiro atoms. The Morgan fingerprint density at radius 2 is 1.95 bits per heavy atom. The number of ether oxygens (including phenoxy) is 1. The van der Waals surface area contributed by atoms with Crippen molar-refractivity contribution >= 4 is 16.2 Å². The lowest BCUT2D eigenvalue weighted by Crippen LogP contribution is -2.49. The van der Waals surface area contributed by atoms with E-state index >= 15 is 0 Å². The summed E-state index contributed by atoms with van der Waals surface area (Å²) in [7, 11) is -3.45. The van der Waals surface area contributed by atoms with Crippen LogP contribution in [-0.4, -0.2) is 55.8 Å². The predicted molar refractivity (Wildman–Crippen MR) is 72.8 cm³/mol. The van der Waals surface area contributed by atoms with Gasteiger partial charge in [0, 0.05) is 26.2 Å². The third-order valence-electron chi connectivity index (χ3n) is 3.36. The van der Waals surface area contributed by atoms with E-state index in [1.165, 1.54) is 8.61 Å². The molecule has 1 heterocycles. The number of carbonyl (C=O) groups excluding carboxylic acids is 1. The highest BCUT2D eigenvalue weighted by atomic mass is 32.2. The van der Waals surface area contributed by atoms with Gasteiger partial charge in [0.1, 0.15) is 0 Å². The van der Waals surface area contributed by atoms with Crippen LogP contribution in [0.4, 0.5) is 0 Å². The molecule has 1 saturated heterocycles. The zero-order valence-electron chi connectivity index (χ0n) is 12.0. The fourth-order valence-corrected chi connectivity index (χ4v) is 4.02. The number of hydrogen-bond acceptors (Lipinski definition) is 4. The van der Waals surface area contributed by atoms with E-state index in [1.807, 2.05) is 13.8 Å². The summed E-state index contributed by atoms with van der Waals surface area (Å²) in [6, 6.07) is 0. The minimum Gasteiger partial charge on any atom is -0.466 e. The van der Waals surface area contributed by atoms with E-state index < -0.39 is 10.2 Å². The maximum atomic E-state index is 12.4. The van der Waals surface area contributed by atoms with Gasteiger partial charge in [-0.15, -0.1) is 0 Å². The minimum atomic E-state index is -3.45. The number of carbonyl (C=O) groups is 1. The lowest BCUT2D eigenvalue weighted by Gasteiger charge is -2.34. The summed E-state index contributed by atoms with van der Waals surface area (Å²) in [4.78, 5) is 11.7. The summed E-state index contributed by atoms with van der Waals surface area (Å²) in [6.07, 6.45) is 1.40. The average molecular weight is 292 g/mol. The quantitative estimate of drug-likeness (QED) is 0.681. The molecule has 6 nitrogen and oxygen atoms in total. The van der Waals surface area contributed by atoms with Gasteiger partial charge in [-0.05, 0) is 19.8 Å². The van der Waals surface area contributed by atoms with Crippen molar-refractivity contribution in [3.8, 4) is 0 Å². The SMILES string of the molecule is CCOC(=O)[C@@H]1CCCN(S(=O)(=O)N(CC)CC)C1. The van der Waals surface area contributed by atoms with E-state index in [1.54, 1.807) is 6.92 Å². The number of esters is 1. The smallest absolute Gasteiger partial charge is 0.310 e. The summed E-state index contributed by atoms with van der Waals surface area (Å²) in [5.74, 6) is -0.624. The van der Waals surface area contributed by atoms with Crippen LogP contribution in [0.5, 0.6) is 0 Å². The molecule has 1 aliphatic rings. The molecule has 0 aliphatic carbocycles. The standard InChI is InChI=1S/C12H24N2O4S/c1-4-13(5-2)19(16,17)14-9-7-8-11(10-14)12(15)18-6-3/h11H,4-10H2,1-3H3/t11-/m1/s1. The van der Waals surface area contributed by atoms with Gasteiger partial charge in [-0.25, -0.2) is 0 Å². The molecule has 0 bridgehead atoms. The number of piperidine rings is 1. The molecule has 0 saturated carbocycles. The first kappa shape index (κ1) is 16.4. The van der Waals surface area contributed by atoms with E-state index in [-0.39, 0.29) is 18.4 Å². The molecule has 1 atom stereocenters. The summed E-state index contributed by atoms with van der Waals surface area (Å²) in [5.41, 5.74) is 0.